The van der Waals surface area contributed by atoms with Gasteiger partial charge in [-0.05, 0) is 81.5 Å². The molecule has 10 heteroatoms. The van der Waals surface area contributed by atoms with E-state index in [4.69, 9.17) is 9.47 Å². The van der Waals surface area contributed by atoms with Crippen molar-refractivity contribution in [2.45, 2.75) is 86.1 Å². The molecule has 1 aromatic carbocycles. The normalized spacial score (nSPS) is 35.3. The maximum Gasteiger partial charge on any atom is 0.246 e. The summed E-state index contributed by atoms with van der Waals surface area (Å²) in [5, 5.41) is 17.3. The predicted octanol–water partition coefficient (Wildman–Crippen LogP) is 2.92. The van der Waals surface area contributed by atoms with Crippen LogP contribution in [0, 0.1) is 17.2 Å². The van der Waals surface area contributed by atoms with Crippen molar-refractivity contribution in [3.05, 3.63) is 42.0 Å². The Hall–Kier alpha value is -2.13. The van der Waals surface area contributed by atoms with Crippen molar-refractivity contribution in [1.29, 1.82) is 5.26 Å². The summed E-state index contributed by atoms with van der Waals surface area (Å²) in [6.07, 6.45) is 8.45. The van der Waals surface area contributed by atoms with Crippen molar-refractivity contribution in [2.24, 2.45) is 5.92 Å². The number of benzene rings is 1. The molecular formula is C32H46N6O3S. The quantitative estimate of drug-likeness (QED) is 0.463. The first kappa shape index (κ1) is 29.9. The number of likely N-dealkylation sites (N-methyl/N-ethyl adjacent to an activating group) is 1. The summed E-state index contributed by atoms with van der Waals surface area (Å²) in [4.78, 5) is 19.3. The molecule has 228 valence electrons. The minimum atomic E-state index is -0.233. The number of rotatable bonds is 7. The highest BCUT2D eigenvalue weighted by molar-refractivity contribution is 8.00. The van der Waals surface area contributed by atoms with Gasteiger partial charge in [0, 0.05) is 48.1 Å². The predicted molar refractivity (Wildman–Crippen MR) is 165 cm³/mol. The molecule has 4 heterocycles. The van der Waals surface area contributed by atoms with E-state index < -0.39 is 0 Å². The Bertz CT molecular complexity index is 1190. The number of piperazine rings is 1. The van der Waals surface area contributed by atoms with Gasteiger partial charge in [-0.2, -0.15) is 5.26 Å². The van der Waals surface area contributed by atoms with E-state index in [1.807, 2.05) is 4.90 Å². The van der Waals surface area contributed by atoms with E-state index in [-0.39, 0.29) is 29.2 Å². The van der Waals surface area contributed by atoms with Gasteiger partial charge in [-0.25, -0.2) is 0 Å². The molecule has 1 amide bonds. The Labute approximate surface area is 254 Å². The van der Waals surface area contributed by atoms with Crippen LogP contribution in [0.1, 0.15) is 49.7 Å². The molecule has 1 saturated carbocycles. The number of hydrogen-bond acceptors (Lipinski definition) is 9. The molecule has 0 radical (unpaired) electrons. The molecule has 4 fully saturated rings. The molecule has 1 aliphatic carbocycles. The minimum absolute atomic E-state index is 0.0845. The Balaban J connectivity index is 1.21. The standard InChI is InChI=1S/C32H46N6O3S/c1-4-29(39)38-15-14-37(19-24(38)10-12-33)30-27-9-11-32(17-23-16-26(40-3)8-7-22(23)21-42-32)18-28(27)34-31(35-30)41-20-25-6-5-13-36(25)2/h4,7-8,16,24-25,27-28,30-31,34-35H,1,5-6,9-11,13-15,17-21H2,2-3H3/t24?,25?,27?,28?,30?,31?,32-/m0/s1. The second-order valence-corrected chi connectivity index (χ2v) is 14.3. The maximum atomic E-state index is 12.6. The first-order chi connectivity index (χ1) is 20.4. The molecule has 1 aromatic rings. The Kier molecular flexibility index (Phi) is 9.15. The van der Waals surface area contributed by atoms with Crippen molar-refractivity contribution in [2.75, 3.05) is 46.9 Å². The summed E-state index contributed by atoms with van der Waals surface area (Å²) in [6, 6.07) is 9.51. The van der Waals surface area contributed by atoms with Crippen molar-refractivity contribution in [3.63, 3.8) is 0 Å². The molecule has 4 aliphatic heterocycles. The number of hydrogen-bond donors (Lipinski definition) is 2. The molecule has 9 nitrogen and oxygen atoms in total. The summed E-state index contributed by atoms with van der Waals surface area (Å²) in [5.74, 6) is 2.32. The van der Waals surface area contributed by atoms with Crippen LogP contribution in [0.15, 0.2) is 30.9 Å². The van der Waals surface area contributed by atoms with E-state index in [1.165, 1.54) is 36.5 Å². The van der Waals surface area contributed by atoms with E-state index in [0.29, 0.717) is 44.1 Å². The minimum Gasteiger partial charge on any atom is -0.497 e. The molecule has 42 heavy (non-hydrogen) atoms. The van der Waals surface area contributed by atoms with Gasteiger partial charge >= 0.3 is 0 Å². The van der Waals surface area contributed by atoms with Crippen LogP contribution >= 0.6 is 11.8 Å². The van der Waals surface area contributed by atoms with Gasteiger partial charge in [0.1, 0.15) is 5.75 Å². The van der Waals surface area contributed by atoms with Crippen LogP contribution in [0.5, 0.6) is 5.75 Å². The lowest BCUT2D eigenvalue weighted by molar-refractivity contribution is -0.135. The number of ether oxygens (including phenoxy) is 2. The summed E-state index contributed by atoms with van der Waals surface area (Å²) in [7, 11) is 3.94. The van der Waals surface area contributed by atoms with Gasteiger partial charge in [-0.3, -0.25) is 20.3 Å². The van der Waals surface area contributed by atoms with E-state index in [9.17, 15) is 10.1 Å². The number of nitriles is 1. The van der Waals surface area contributed by atoms with Crippen LogP contribution in [0.2, 0.25) is 0 Å². The molecule has 0 bridgehead atoms. The second kappa shape index (κ2) is 12.8. The van der Waals surface area contributed by atoms with Gasteiger partial charge in [0.2, 0.25) is 5.91 Å². The van der Waals surface area contributed by atoms with E-state index >= 15 is 0 Å². The lowest BCUT2D eigenvalue weighted by Gasteiger charge is -2.56. The Morgan fingerprint density at radius 1 is 1.24 bits per heavy atom. The molecule has 6 unspecified atom stereocenters. The van der Waals surface area contributed by atoms with Crippen LogP contribution in [-0.4, -0.2) is 103 Å². The lowest BCUT2D eigenvalue weighted by Crippen LogP contribution is -2.73. The van der Waals surface area contributed by atoms with Gasteiger partial charge in [0.25, 0.3) is 0 Å². The first-order valence-electron chi connectivity index (χ1n) is 15.6. The van der Waals surface area contributed by atoms with Gasteiger partial charge in [0.05, 0.1) is 38.4 Å². The Morgan fingerprint density at radius 3 is 2.88 bits per heavy atom. The van der Waals surface area contributed by atoms with Gasteiger partial charge in [0.15, 0.2) is 6.35 Å². The van der Waals surface area contributed by atoms with E-state index in [2.05, 4.69) is 70.1 Å². The number of nitrogens with zero attached hydrogens (tertiary/aromatic N) is 4. The number of nitrogens with one attached hydrogen (secondary N) is 2. The molecule has 0 aromatic heterocycles. The fourth-order valence-electron chi connectivity index (χ4n) is 8.01. The zero-order chi connectivity index (χ0) is 29.3. The Morgan fingerprint density at radius 2 is 2.12 bits per heavy atom. The molecular weight excluding hydrogens is 548 g/mol. The topological polar surface area (TPSA) is 93.1 Å². The van der Waals surface area contributed by atoms with E-state index in [1.54, 1.807) is 7.11 Å². The molecule has 2 N–H and O–H groups in total. The van der Waals surface area contributed by atoms with Gasteiger partial charge in [-0.1, -0.05) is 12.6 Å². The fourth-order valence-corrected chi connectivity index (χ4v) is 9.57. The third kappa shape index (κ3) is 6.10. The highest BCUT2D eigenvalue weighted by Gasteiger charge is 2.50. The van der Waals surface area contributed by atoms with Crippen molar-refractivity contribution in [1.82, 2.24) is 25.3 Å². The third-order valence-corrected chi connectivity index (χ3v) is 12.0. The first-order valence-corrected chi connectivity index (χ1v) is 16.6. The number of fused-ring (bicyclic) bond motifs is 2. The van der Waals surface area contributed by atoms with E-state index in [0.717, 1.165) is 43.9 Å². The molecule has 7 atom stereocenters. The summed E-state index contributed by atoms with van der Waals surface area (Å²) >= 11 is 2.13. The average molecular weight is 595 g/mol. The second-order valence-electron chi connectivity index (χ2n) is 12.8. The highest BCUT2D eigenvalue weighted by atomic mass is 32.2. The number of amides is 1. The molecule has 1 spiro atoms. The fraction of sp³-hybridized carbons (Fsp3) is 0.688. The largest absolute Gasteiger partial charge is 0.497 e. The number of likely N-dealkylation sites (tertiary alicyclic amines) is 1. The smallest absolute Gasteiger partial charge is 0.246 e. The maximum absolute atomic E-state index is 12.6. The SMILES string of the molecule is C=CC(=O)N1CCN(C2NC(OCC3CCCN3C)NC3C[C@]4(CCC32)Cc2cc(OC)ccc2CS4)CC1CC#N. The summed E-state index contributed by atoms with van der Waals surface area (Å²) < 4.78 is 12.3. The van der Waals surface area contributed by atoms with Crippen molar-refractivity contribution in [3.8, 4) is 11.8 Å². The van der Waals surface area contributed by atoms with Crippen LogP contribution in [0.4, 0.5) is 0 Å². The zero-order valence-electron chi connectivity index (χ0n) is 25.1. The van der Waals surface area contributed by atoms with Crippen LogP contribution < -0.4 is 15.4 Å². The monoisotopic (exact) mass is 594 g/mol. The zero-order valence-corrected chi connectivity index (χ0v) is 25.9. The number of thioether (sulfide) groups is 1. The van der Waals surface area contributed by atoms with Gasteiger partial charge < -0.3 is 19.3 Å². The van der Waals surface area contributed by atoms with Crippen molar-refractivity contribution >= 4 is 17.7 Å². The molecule has 6 rings (SSSR count). The number of carbonyl (C=O) groups is 1. The molecule has 3 saturated heterocycles. The van der Waals surface area contributed by atoms with Crippen molar-refractivity contribution < 1.29 is 14.3 Å². The lowest BCUT2D eigenvalue weighted by atomic mass is 9.72. The average Bonchev–Trinajstić information content (AvgIpc) is 3.43. The molecule has 5 aliphatic rings. The summed E-state index contributed by atoms with van der Waals surface area (Å²) in [6.45, 7) is 7.59. The summed E-state index contributed by atoms with van der Waals surface area (Å²) in [5.41, 5.74) is 2.86. The van der Waals surface area contributed by atoms with Crippen LogP contribution in [0.3, 0.4) is 0 Å². The van der Waals surface area contributed by atoms with Crippen LogP contribution in [0.25, 0.3) is 0 Å². The number of carbonyl (C=O) groups excluding carboxylic acids is 1. The van der Waals surface area contributed by atoms with Crippen LogP contribution in [-0.2, 0) is 21.7 Å². The third-order valence-electron chi connectivity index (χ3n) is 10.4. The van der Waals surface area contributed by atoms with Gasteiger partial charge in [-0.15, -0.1) is 11.8 Å². The number of methoxy groups -OCH3 is 1. The highest BCUT2D eigenvalue weighted by Crippen LogP contribution is 2.50.